The number of hydrogen-bond acceptors (Lipinski definition) is 4. The molecule has 5 nitrogen and oxygen atoms in total. The molecule has 3 aromatic rings. The largest absolute Gasteiger partial charge is 0.303 e. The third kappa shape index (κ3) is 2.26. The lowest BCUT2D eigenvalue weighted by Crippen LogP contribution is -2.14. The van der Waals surface area contributed by atoms with E-state index in [0.717, 1.165) is 11.1 Å². The minimum atomic E-state index is -0.256. The summed E-state index contributed by atoms with van der Waals surface area (Å²) in [6.07, 6.45) is 3.28. The fourth-order valence-corrected chi connectivity index (χ4v) is 1.76. The fraction of sp³-hybridized carbons (Fsp3) is 0. The highest BCUT2D eigenvalue weighted by Gasteiger charge is 2.07. The van der Waals surface area contributed by atoms with Crippen LogP contribution in [0.2, 0.25) is 0 Å². The first-order valence-electron chi connectivity index (χ1n) is 5.77. The lowest BCUT2D eigenvalue weighted by Gasteiger charge is -2.01. The normalized spacial score (nSPS) is 10.3. The third-order valence-corrected chi connectivity index (χ3v) is 2.70. The summed E-state index contributed by atoms with van der Waals surface area (Å²) in [6.45, 7) is 0. The molecule has 0 spiro atoms. The van der Waals surface area contributed by atoms with Crippen molar-refractivity contribution in [2.45, 2.75) is 0 Å². The van der Waals surface area contributed by atoms with Gasteiger partial charge in [0.1, 0.15) is 0 Å². The molecule has 0 fully saturated rings. The fourth-order valence-electron chi connectivity index (χ4n) is 1.76. The average molecular weight is 250 g/mol. The summed E-state index contributed by atoms with van der Waals surface area (Å²) in [5.74, 6) is 0.437. The SMILES string of the molecule is O=c1[nH]c(-c2ccncc2)nnc1-c1ccccc1. The molecule has 5 heteroatoms. The van der Waals surface area contributed by atoms with Crippen LogP contribution in [-0.4, -0.2) is 20.2 Å². The van der Waals surface area contributed by atoms with E-state index in [2.05, 4.69) is 20.2 Å². The second-order valence-corrected chi connectivity index (χ2v) is 3.95. The Morgan fingerprint density at radius 2 is 1.58 bits per heavy atom. The number of nitrogens with zero attached hydrogens (tertiary/aromatic N) is 3. The molecule has 3 rings (SSSR count). The van der Waals surface area contributed by atoms with Crippen LogP contribution in [0.1, 0.15) is 0 Å². The van der Waals surface area contributed by atoms with Gasteiger partial charge < -0.3 is 4.98 Å². The van der Waals surface area contributed by atoms with Crippen molar-refractivity contribution >= 4 is 0 Å². The molecule has 2 aromatic heterocycles. The Morgan fingerprint density at radius 1 is 0.842 bits per heavy atom. The number of aromatic nitrogens is 4. The first kappa shape index (κ1) is 11.3. The van der Waals surface area contributed by atoms with Crippen molar-refractivity contribution in [3.63, 3.8) is 0 Å². The summed E-state index contributed by atoms with van der Waals surface area (Å²) in [6, 6.07) is 12.8. The van der Waals surface area contributed by atoms with E-state index < -0.39 is 0 Å². The van der Waals surface area contributed by atoms with Crippen LogP contribution < -0.4 is 5.56 Å². The number of benzene rings is 1. The Kier molecular flexibility index (Phi) is 2.86. The van der Waals surface area contributed by atoms with Gasteiger partial charge in [0.2, 0.25) is 0 Å². The van der Waals surface area contributed by atoms with Crippen LogP contribution in [0.15, 0.2) is 59.7 Å². The molecular weight excluding hydrogens is 240 g/mol. The van der Waals surface area contributed by atoms with Crippen molar-refractivity contribution in [3.05, 3.63) is 65.2 Å². The van der Waals surface area contributed by atoms with Crippen LogP contribution in [0.4, 0.5) is 0 Å². The molecule has 0 aliphatic rings. The molecule has 0 atom stereocenters. The van der Waals surface area contributed by atoms with Gasteiger partial charge in [0.25, 0.3) is 5.56 Å². The van der Waals surface area contributed by atoms with Gasteiger partial charge >= 0.3 is 0 Å². The van der Waals surface area contributed by atoms with Gasteiger partial charge in [0, 0.05) is 23.5 Å². The van der Waals surface area contributed by atoms with Crippen molar-refractivity contribution in [3.8, 4) is 22.6 Å². The minimum Gasteiger partial charge on any atom is -0.303 e. The maximum Gasteiger partial charge on any atom is 0.278 e. The van der Waals surface area contributed by atoms with Crippen LogP contribution in [0.5, 0.6) is 0 Å². The molecule has 19 heavy (non-hydrogen) atoms. The smallest absolute Gasteiger partial charge is 0.278 e. The molecule has 92 valence electrons. The lowest BCUT2D eigenvalue weighted by molar-refractivity contribution is 0.962. The van der Waals surface area contributed by atoms with Crippen LogP contribution in [0.25, 0.3) is 22.6 Å². The van der Waals surface area contributed by atoms with E-state index in [0.29, 0.717) is 11.5 Å². The van der Waals surface area contributed by atoms with Crippen LogP contribution >= 0.6 is 0 Å². The van der Waals surface area contributed by atoms with Crippen molar-refractivity contribution in [2.24, 2.45) is 0 Å². The van der Waals surface area contributed by atoms with E-state index in [4.69, 9.17) is 0 Å². The molecule has 2 heterocycles. The summed E-state index contributed by atoms with van der Waals surface area (Å²) in [5.41, 5.74) is 1.59. The third-order valence-electron chi connectivity index (χ3n) is 2.70. The summed E-state index contributed by atoms with van der Waals surface area (Å²) >= 11 is 0. The Morgan fingerprint density at radius 3 is 2.26 bits per heavy atom. The Bertz CT molecular complexity index is 738. The van der Waals surface area contributed by atoms with Crippen molar-refractivity contribution < 1.29 is 0 Å². The van der Waals surface area contributed by atoms with Crippen molar-refractivity contribution in [1.82, 2.24) is 20.2 Å². The van der Waals surface area contributed by atoms with E-state index in [1.54, 1.807) is 24.5 Å². The molecule has 0 unspecified atom stereocenters. The predicted molar refractivity (Wildman–Crippen MR) is 71.3 cm³/mol. The van der Waals surface area contributed by atoms with Crippen molar-refractivity contribution in [1.29, 1.82) is 0 Å². The molecule has 1 aromatic carbocycles. The average Bonchev–Trinajstić information content (AvgIpc) is 2.49. The zero-order valence-electron chi connectivity index (χ0n) is 9.95. The molecule has 0 aliphatic carbocycles. The van der Waals surface area contributed by atoms with Crippen LogP contribution in [0.3, 0.4) is 0 Å². The Hall–Kier alpha value is -2.82. The molecule has 0 amide bonds. The number of hydrogen-bond donors (Lipinski definition) is 1. The number of nitrogens with one attached hydrogen (secondary N) is 1. The van der Waals surface area contributed by atoms with Gasteiger partial charge in [0.15, 0.2) is 11.5 Å². The van der Waals surface area contributed by atoms with Gasteiger partial charge in [-0.2, -0.15) is 0 Å². The lowest BCUT2D eigenvalue weighted by atomic mass is 10.2. The topological polar surface area (TPSA) is 71.5 Å². The van der Waals surface area contributed by atoms with Crippen LogP contribution in [-0.2, 0) is 0 Å². The second kappa shape index (κ2) is 4.81. The quantitative estimate of drug-likeness (QED) is 0.754. The molecule has 0 bridgehead atoms. The highest BCUT2D eigenvalue weighted by molar-refractivity contribution is 5.59. The molecule has 0 saturated carbocycles. The zero-order chi connectivity index (χ0) is 13.1. The van der Waals surface area contributed by atoms with E-state index in [-0.39, 0.29) is 5.56 Å². The highest BCUT2D eigenvalue weighted by atomic mass is 16.1. The maximum atomic E-state index is 12.0. The van der Waals surface area contributed by atoms with Gasteiger partial charge in [-0.25, -0.2) is 0 Å². The van der Waals surface area contributed by atoms with E-state index in [1.807, 2.05) is 30.3 Å². The summed E-state index contributed by atoms with van der Waals surface area (Å²) < 4.78 is 0. The molecule has 1 N–H and O–H groups in total. The Balaban J connectivity index is 2.07. The molecule has 0 radical (unpaired) electrons. The minimum absolute atomic E-state index is 0.256. The van der Waals surface area contributed by atoms with E-state index in [9.17, 15) is 4.79 Å². The highest BCUT2D eigenvalue weighted by Crippen LogP contribution is 2.13. The van der Waals surface area contributed by atoms with Gasteiger partial charge in [-0.1, -0.05) is 30.3 Å². The predicted octanol–water partition coefficient (Wildman–Crippen LogP) is 1.89. The second-order valence-electron chi connectivity index (χ2n) is 3.95. The summed E-state index contributed by atoms with van der Waals surface area (Å²) in [5, 5.41) is 8.06. The van der Waals surface area contributed by atoms with Crippen LogP contribution in [0, 0.1) is 0 Å². The molecular formula is C14H10N4O. The standard InChI is InChI=1S/C14H10N4O/c19-14-12(10-4-2-1-3-5-10)17-18-13(16-14)11-6-8-15-9-7-11/h1-9H,(H,16,18,19). The zero-order valence-corrected chi connectivity index (χ0v) is 9.95. The molecule has 0 aliphatic heterocycles. The number of pyridine rings is 1. The number of rotatable bonds is 2. The monoisotopic (exact) mass is 250 g/mol. The maximum absolute atomic E-state index is 12.0. The van der Waals surface area contributed by atoms with Crippen molar-refractivity contribution in [2.75, 3.05) is 0 Å². The first-order chi connectivity index (χ1) is 9.34. The number of H-pyrrole nitrogens is 1. The van der Waals surface area contributed by atoms with E-state index in [1.165, 1.54) is 0 Å². The van der Waals surface area contributed by atoms with E-state index >= 15 is 0 Å². The Labute approximate surface area is 109 Å². The number of aromatic amines is 1. The summed E-state index contributed by atoms with van der Waals surface area (Å²) in [4.78, 5) is 18.7. The first-order valence-corrected chi connectivity index (χ1v) is 5.77. The van der Waals surface area contributed by atoms with Gasteiger partial charge in [0.05, 0.1) is 0 Å². The molecule has 0 saturated heterocycles. The van der Waals surface area contributed by atoms with Gasteiger partial charge in [-0.3, -0.25) is 9.78 Å². The summed E-state index contributed by atoms with van der Waals surface area (Å²) in [7, 11) is 0. The van der Waals surface area contributed by atoms with Gasteiger partial charge in [-0.05, 0) is 12.1 Å². The van der Waals surface area contributed by atoms with Gasteiger partial charge in [-0.15, -0.1) is 10.2 Å².